The molecule has 0 radical (unpaired) electrons. The minimum absolute atomic E-state index is 0.0112. The van der Waals surface area contributed by atoms with Crippen molar-refractivity contribution in [1.29, 1.82) is 0 Å². The van der Waals surface area contributed by atoms with Crippen molar-refractivity contribution in [2.45, 2.75) is 25.2 Å². The molecule has 1 aliphatic heterocycles. The highest BCUT2D eigenvalue weighted by Crippen LogP contribution is 2.34. The van der Waals surface area contributed by atoms with Crippen LogP contribution in [-0.2, 0) is 5.41 Å². The lowest BCUT2D eigenvalue weighted by molar-refractivity contribution is 0.285. The lowest BCUT2D eigenvalue weighted by atomic mass is 9.84. The molecule has 1 aromatic carbocycles. The quantitative estimate of drug-likeness (QED) is 0.943. The zero-order valence-corrected chi connectivity index (χ0v) is 12.4. The molecule has 3 rings (SSSR count). The van der Waals surface area contributed by atoms with Gasteiger partial charge in [-0.1, -0.05) is 40.1 Å². The monoisotopic (exact) mass is 321 g/mol. The van der Waals surface area contributed by atoms with E-state index in [1.807, 2.05) is 24.3 Å². The van der Waals surface area contributed by atoms with Gasteiger partial charge in [0.05, 0.1) is 5.41 Å². The summed E-state index contributed by atoms with van der Waals surface area (Å²) in [7, 11) is 0. The highest BCUT2D eigenvalue weighted by molar-refractivity contribution is 9.10. The highest BCUT2D eigenvalue weighted by atomic mass is 79.9. The van der Waals surface area contributed by atoms with Gasteiger partial charge in [0.2, 0.25) is 11.7 Å². The summed E-state index contributed by atoms with van der Waals surface area (Å²) >= 11 is 3.46. The lowest BCUT2D eigenvalue weighted by Gasteiger charge is -2.20. The number of aromatic nitrogens is 2. The summed E-state index contributed by atoms with van der Waals surface area (Å²) in [6.45, 7) is 4.11. The summed E-state index contributed by atoms with van der Waals surface area (Å²) in [5.74, 6) is 1.42. The van der Waals surface area contributed by atoms with Gasteiger partial charge in [0.15, 0.2) is 0 Å². The molecule has 0 amide bonds. The third-order valence-electron chi connectivity index (χ3n) is 3.88. The Hall–Kier alpha value is -1.20. The first-order chi connectivity index (χ1) is 9.23. The second-order valence-electron chi connectivity index (χ2n) is 4.99. The van der Waals surface area contributed by atoms with Gasteiger partial charge in [0.25, 0.3) is 0 Å². The number of rotatable bonds is 3. The van der Waals surface area contributed by atoms with Crippen molar-refractivity contribution in [2.24, 2.45) is 0 Å². The predicted octanol–water partition coefficient (Wildman–Crippen LogP) is 3.14. The topological polar surface area (TPSA) is 51.0 Å². The van der Waals surface area contributed by atoms with E-state index in [2.05, 4.69) is 38.3 Å². The largest absolute Gasteiger partial charge is 0.338 e. The minimum atomic E-state index is 0.0112. The maximum absolute atomic E-state index is 5.52. The van der Waals surface area contributed by atoms with Crippen molar-refractivity contribution in [3.05, 3.63) is 34.6 Å². The average molecular weight is 322 g/mol. The number of hydrogen-bond acceptors (Lipinski definition) is 4. The van der Waals surface area contributed by atoms with E-state index >= 15 is 0 Å². The highest BCUT2D eigenvalue weighted by Gasteiger charge is 2.39. The van der Waals surface area contributed by atoms with Crippen LogP contribution in [0.1, 0.15) is 25.7 Å². The minimum Gasteiger partial charge on any atom is -0.338 e. The van der Waals surface area contributed by atoms with Crippen LogP contribution in [0, 0.1) is 0 Å². The third-order valence-corrected chi connectivity index (χ3v) is 4.38. The first-order valence-electron chi connectivity index (χ1n) is 6.54. The van der Waals surface area contributed by atoms with E-state index in [1.165, 1.54) is 0 Å². The summed E-state index contributed by atoms with van der Waals surface area (Å²) in [5.41, 5.74) is 0.985. The Bertz CT molecular complexity index is 576. The summed E-state index contributed by atoms with van der Waals surface area (Å²) in [5, 5.41) is 7.52. The Morgan fingerprint density at radius 2 is 2.37 bits per heavy atom. The van der Waals surface area contributed by atoms with Crippen LogP contribution in [0.4, 0.5) is 0 Å². The van der Waals surface area contributed by atoms with E-state index in [-0.39, 0.29) is 5.41 Å². The van der Waals surface area contributed by atoms with E-state index in [9.17, 15) is 0 Å². The van der Waals surface area contributed by atoms with Crippen LogP contribution in [0.15, 0.2) is 33.3 Å². The third kappa shape index (κ3) is 2.32. The van der Waals surface area contributed by atoms with Crippen LogP contribution in [-0.4, -0.2) is 23.2 Å². The molecule has 0 bridgehead atoms. The van der Waals surface area contributed by atoms with Crippen LogP contribution in [0.3, 0.4) is 0 Å². The molecule has 100 valence electrons. The average Bonchev–Trinajstić information content (AvgIpc) is 3.08. The second-order valence-corrected chi connectivity index (χ2v) is 5.91. The van der Waals surface area contributed by atoms with Crippen molar-refractivity contribution in [1.82, 2.24) is 15.5 Å². The first kappa shape index (κ1) is 12.8. The maximum Gasteiger partial charge on any atom is 0.234 e. The van der Waals surface area contributed by atoms with E-state index in [0.29, 0.717) is 5.82 Å². The smallest absolute Gasteiger partial charge is 0.234 e. The van der Waals surface area contributed by atoms with E-state index in [1.54, 1.807) is 0 Å². The van der Waals surface area contributed by atoms with Crippen molar-refractivity contribution in [3.8, 4) is 11.4 Å². The number of hydrogen-bond donors (Lipinski definition) is 1. The molecule has 1 unspecified atom stereocenters. The van der Waals surface area contributed by atoms with Crippen LogP contribution < -0.4 is 5.32 Å². The molecule has 1 aliphatic rings. The van der Waals surface area contributed by atoms with Crippen molar-refractivity contribution >= 4 is 15.9 Å². The van der Waals surface area contributed by atoms with E-state index < -0.39 is 0 Å². The summed E-state index contributed by atoms with van der Waals surface area (Å²) < 4.78 is 6.54. The molecule has 1 N–H and O–H groups in total. The van der Waals surface area contributed by atoms with Gasteiger partial charge in [-0.2, -0.15) is 4.98 Å². The Labute approximate surface area is 120 Å². The number of benzene rings is 1. The van der Waals surface area contributed by atoms with Gasteiger partial charge in [0, 0.05) is 16.6 Å². The van der Waals surface area contributed by atoms with Crippen molar-refractivity contribution < 1.29 is 4.52 Å². The molecule has 1 aromatic heterocycles. The molecule has 19 heavy (non-hydrogen) atoms. The Balaban J connectivity index is 1.95. The van der Waals surface area contributed by atoms with Gasteiger partial charge in [-0.15, -0.1) is 0 Å². The van der Waals surface area contributed by atoms with Crippen molar-refractivity contribution in [3.63, 3.8) is 0 Å². The van der Waals surface area contributed by atoms with Crippen LogP contribution >= 0.6 is 15.9 Å². The Kier molecular flexibility index (Phi) is 3.41. The fourth-order valence-corrected chi connectivity index (χ4v) is 2.96. The molecule has 4 nitrogen and oxygen atoms in total. The lowest BCUT2D eigenvalue weighted by Crippen LogP contribution is -2.28. The van der Waals surface area contributed by atoms with E-state index in [0.717, 1.165) is 41.9 Å². The van der Waals surface area contributed by atoms with Gasteiger partial charge in [-0.05, 0) is 31.5 Å². The molecule has 1 atom stereocenters. The molecular formula is C14H16BrN3O. The Morgan fingerprint density at radius 1 is 1.47 bits per heavy atom. The van der Waals surface area contributed by atoms with Crippen LogP contribution in [0.2, 0.25) is 0 Å². The molecule has 1 fully saturated rings. The molecule has 0 aliphatic carbocycles. The summed E-state index contributed by atoms with van der Waals surface area (Å²) in [6, 6.07) is 7.95. The molecule has 2 aromatic rings. The number of nitrogens with zero attached hydrogens (tertiary/aromatic N) is 2. The summed E-state index contributed by atoms with van der Waals surface area (Å²) in [4.78, 5) is 4.61. The van der Waals surface area contributed by atoms with E-state index in [4.69, 9.17) is 4.52 Å². The number of halogens is 1. The normalized spacial score (nSPS) is 22.8. The predicted molar refractivity (Wildman–Crippen MR) is 76.9 cm³/mol. The van der Waals surface area contributed by atoms with Crippen LogP contribution in [0.25, 0.3) is 11.4 Å². The fraction of sp³-hybridized carbons (Fsp3) is 0.429. The molecule has 5 heteroatoms. The van der Waals surface area contributed by atoms with Gasteiger partial charge in [-0.3, -0.25) is 0 Å². The standard InChI is InChI=1S/C14H16BrN3O/c1-2-14(6-7-16-9-14)13-17-12(18-19-13)10-4-3-5-11(15)8-10/h3-5,8,16H,2,6-7,9H2,1H3. The molecular weight excluding hydrogens is 306 g/mol. The molecule has 1 saturated heterocycles. The maximum atomic E-state index is 5.52. The molecule has 2 heterocycles. The SMILES string of the molecule is CCC1(c2nc(-c3cccc(Br)c3)no2)CCNC1. The summed E-state index contributed by atoms with van der Waals surface area (Å²) in [6.07, 6.45) is 2.07. The Morgan fingerprint density at radius 3 is 3.05 bits per heavy atom. The first-order valence-corrected chi connectivity index (χ1v) is 7.34. The number of nitrogens with one attached hydrogen (secondary N) is 1. The zero-order valence-electron chi connectivity index (χ0n) is 10.8. The second kappa shape index (κ2) is 5.06. The molecule has 0 saturated carbocycles. The van der Waals surface area contributed by atoms with Gasteiger partial charge >= 0.3 is 0 Å². The van der Waals surface area contributed by atoms with Gasteiger partial charge in [0.1, 0.15) is 0 Å². The zero-order chi connectivity index (χ0) is 13.3. The van der Waals surface area contributed by atoms with Crippen LogP contribution in [0.5, 0.6) is 0 Å². The van der Waals surface area contributed by atoms with Gasteiger partial charge < -0.3 is 9.84 Å². The molecule has 0 spiro atoms. The fourth-order valence-electron chi connectivity index (χ4n) is 2.56. The van der Waals surface area contributed by atoms with Crippen molar-refractivity contribution in [2.75, 3.05) is 13.1 Å². The van der Waals surface area contributed by atoms with Gasteiger partial charge in [-0.25, -0.2) is 0 Å².